The highest BCUT2D eigenvalue weighted by Gasteiger charge is 2.35. The van der Waals surface area contributed by atoms with Crippen LogP contribution in [0.3, 0.4) is 0 Å². The molecule has 3 atom stereocenters. The van der Waals surface area contributed by atoms with Gasteiger partial charge in [-0.15, -0.1) is 0 Å². The van der Waals surface area contributed by atoms with Gasteiger partial charge in [-0.25, -0.2) is 9.78 Å². The van der Waals surface area contributed by atoms with E-state index in [0.717, 1.165) is 37.3 Å². The highest BCUT2D eigenvalue weighted by molar-refractivity contribution is 5.68. The first-order chi connectivity index (χ1) is 12.7. The highest BCUT2D eigenvalue weighted by atomic mass is 16.6. The molecule has 2 heterocycles. The number of methoxy groups -OCH3 is 1. The summed E-state index contributed by atoms with van der Waals surface area (Å²) < 4.78 is 10.8. The largest absolute Gasteiger partial charge is 0.444 e. The number of alkyl carbamates (subject to hydrolysis) is 1. The summed E-state index contributed by atoms with van der Waals surface area (Å²) in [6, 6.07) is 4.42. The number of carbonyl (C=O) groups excluding carboxylic acids is 1. The molecular weight excluding hydrogens is 344 g/mol. The lowest BCUT2D eigenvalue weighted by atomic mass is 9.92. The number of pyridine rings is 1. The molecule has 0 radical (unpaired) electrons. The number of anilines is 1. The summed E-state index contributed by atoms with van der Waals surface area (Å²) in [6.45, 7) is 7.66. The van der Waals surface area contributed by atoms with Crippen LogP contribution in [-0.2, 0) is 22.3 Å². The van der Waals surface area contributed by atoms with Gasteiger partial charge in [-0.3, -0.25) is 0 Å². The maximum Gasteiger partial charge on any atom is 0.407 e. The first-order valence-corrected chi connectivity index (χ1v) is 9.73. The van der Waals surface area contributed by atoms with Crippen LogP contribution in [0.15, 0.2) is 12.1 Å². The summed E-state index contributed by atoms with van der Waals surface area (Å²) in [7, 11) is 1.69. The van der Waals surface area contributed by atoms with Crippen molar-refractivity contribution in [1.29, 1.82) is 0 Å². The predicted octanol–water partition coefficient (Wildman–Crippen LogP) is 1.87. The Kier molecular flexibility index (Phi) is 5.91. The highest BCUT2D eigenvalue weighted by Crippen LogP contribution is 2.27. The number of fused-ring (bicyclic) bond motifs is 1. The lowest BCUT2D eigenvalue weighted by Gasteiger charge is -2.24. The van der Waals surface area contributed by atoms with Crippen molar-refractivity contribution in [2.75, 3.05) is 31.7 Å². The van der Waals surface area contributed by atoms with Gasteiger partial charge >= 0.3 is 6.09 Å². The Balaban J connectivity index is 1.69. The number of ether oxygens (including phenoxy) is 2. The molecule has 1 aliphatic carbocycles. The first-order valence-electron chi connectivity index (χ1n) is 9.73. The van der Waals surface area contributed by atoms with Gasteiger partial charge in [-0.1, -0.05) is 6.07 Å². The van der Waals surface area contributed by atoms with Crippen molar-refractivity contribution in [3.63, 3.8) is 0 Å². The third-order valence-electron chi connectivity index (χ3n) is 5.14. The Morgan fingerprint density at radius 1 is 1.37 bits per heavy atom. The number of nitrogens with two attached hydrogens (primary N) is 1. The number of nitrogens with one attached hydrogen (secondary N) is 1. The van der Waals surface area contributed by atoms with E-state index in [1.807, 2.05) is 20.8 Å². The maximum absolute atomic E-state index is 12.2. The minimum absolute atomic E-state index is 0.0361. The summed E-state index contributed by atoms with van der Waals surface area (Å²) >= 11 is 0. The Morgan fingerprint density at radius 2 is 2.15 bits per heavy atom. The lowest BCUT2D eigenvalue weighted by molar-refractivity contribution is 0.0480. The number of aromatic nitrogens is 1. The van der Waals surface area contributed by atoms with E-state index in [9.17, 15) is 4.79 Å². The third-order valence-corrected chi connectivity index (χ3v) is 5.14. The molecule has 1 saturated heterocycles. The molecular formula is C20H32N4O3. The Morgan fingerprint density at radius 3 is 2.85 bits per heavy atom. The Hall–Kier alpha value is -1.86. The fraction of sp³-hybridized carbons (Fsp3) is 0.700. The molecule has 3 rings (SSSR count). The number of rotatable bonds is 4. The second-order valence-electron chi connectivity index (χ2n) is 8.65. The molecule has 0 spiro atoms. The maximum atomic E-state index is 12.2. The van der Waals surface area contributed by atoms with Gasteiger partial charge in [-0.05, 0) is 51.7 Å². The molecule has 1 aliphatic heterocycles. The van der Waals surface area contributed by atoms with E-state index < -0.39 is 5.60 Å². The molecule has 1 amide bonds. The zero-order valence-electron chi connectivity index (χ0n) is 16.8. The Bertz CT molecular complexity index is 674. The van der Waals surface area contributed by atoms with Crippen molar-refractivity contribution in [3.8, 4) is 0 Å². The minimum Gasteiger partial charge on any atom is -0.444 e. The van der Waals surface area contributed by atoms with E-state index in [4.69, 9.17) is 20.2 Å². The molecule has 7 heteroatoms. The topological polar surface area (TPSA) is 89.7 Å². The number of hydrogen-bond donors (Lipinski definition) is 2. The number of carbonyl (C=O) groups is 1. The van der Waals surface area contributed by atoms with Crippen molar-refractivity contribution < 1.29 is 14.3 Å². The average Bonchev–Trinajstić information content (AvgIpc) is 2.95. The van der Waals surface area contributed by atoms with Crippen LogP contribution in [0.4, 0.5) is 10.6 Å². The van der Waals surface area contributed by atoms with E-state index in [1.54, 1.807) is 7.11 Å². The van der Waals surface area contributed by atoms with Crippen LogP contribution in [-0.4, -0.2) is 55.6 Å². The molecule has 2 aliphatic rings. The normalized spacial score (nSPS) is 25.2. The SMILES string of the molecule is COC[C@@H]1CN(c2ccc3c(n2)CC[C@H](N)C3)C[C@@H]1NC(=O)OC(C)(C)C. The second-order valence-corrected chi connectivity index (χ2v) is 8.65. The third kappa shape index (κ3) is 5.11. The van der Waals surface area contributed by atoms with Crippen molar-refractivity contribution in [3.05, 3.63) is 23.4 Å². The van der Waals surface area contributed by atoms with Crippen LogP contribution in [0, 0.1) is 5.92 Å². The average molecular weight is 377 g/mol. The molecule has 0 aromatic carbocycles. The molecule has 0 bridgehead atoms. The van der Waals surface area contributed by atoms with Gasteiger partial charge in [0, 0.05) is 37.9 Å². The van der Waals surface area contributed by atoms with E-state index in [0.29, 0.717) is 13.2 Å². The molecule has 150 valence electrons. The van der Waals surface area contributed by atoms with Gasteiger partial charge in [-0.2, -0.15) is 0 Å². The summed E-state index contributed by atoms with van der Waals surface area (Å²) in [6.07, 6.45) is 2.43. The first kappa shape index (κ1) is 19.9. The molecule has 7 nitrogen and oxygen atoms in total. The smallest absolute Gasteiger partial charge is 0.407 e. The van der Waals surface area contributed by atoms with Crippen LogP contribution < -0.4 is 16.0 Å². The van der Waals surface area contributed by atoms with Crippen molar-refractivity contribution in [2.24, 2.45) is 11.7 Å². The van der Waals surface area contributed by atoms with Gasteiger partial charge < -0.3 is 25.4 Å². The van der Waals surface area contributed by atoms with Crippen LogP contribution >= 0.6 is 0 Å². The fourth-order valence-electron chi connectivity index (χ4n) is 3.87. The molecule has 0 unspecified atom stereocenters. The van der Waals surface area contributed by atoms with Gasteiger partial charge in [0.2, 0.25) is 0 Å². The van der Waals surface area contributed by atoms with Crippen molar-refractivity contribution in [1.82, 2.24) is 10.3 Å². The Labute approximate surface area is 161 Å². The summed E-state index contributed by atoms with van der Waals surface area (Å²) in [4.78, 5) is 19.3. The fourth-order valence-corrected chi connectivity index (χ4v) is 3.87. The molecule has 3 N–H and O–H groups in total. The van der Waals surface area contributed by atoms with Crippen molar-refractivity contribution >= 4 is 11.9 Å². The van der Waals surface area contributed by atoms with E-state index in [1.165, 1.54) is 5.56 Å². The molecule has 27 heavy (non-hydrogen) atoms. The number of nitrogens with zero attached hydrogens (tertiary/aromatic N) is 2. The lowest BCUT2D eigenvalue weighted by Crippen LogP contribution is -2.44. The summed E-state index contributed by atoms with van der Waals surface area (Å²) in [5.41, 5.74) is 7.96. The van der Waals surface area contributed by atoms with Crippen molar-refractivity contribution in [2.45, 2.75) is 57.7 Å². The van der Waals surface area contributed by atoms with Gasteiger partial charge in [0.1, 0.15) is 11.4 Å². The van der Waals surface area contributed by atoms with Gasteiger partial charge in [0.05, 0.1) is 12.6 Å². The molecule has 1 fully saturated rings. The zero-order valence-corrected chi connectivity index (χ0v) is 16.8. The van der Waals surface area contributed by atoms with Gasteiger partial charge in [0.25, 0.3) is 0 Å². The number of amides is 1. The molecule has 1 aromatic rings. The van der Waals surface area contributed by atoms with Crippen LogP contribution in [0.5, 0.6) is 0 Å². The van der Waals surface area contributed by atoms with Crippen LogP contribution in [0.2, 0.25) is 0 Å². The standard InChI is InChI=1S/C20H32N4O3/c1-20(2,3)27-19(25)23-17-11-24(10-14(17)12-26-4)18-8-5-13-9-15(21)6-7-16(13)22-18/h5,8,14-15,17H,6-7,9-12,21H2,1-4H3,(H,23,25)/t14-,15-,17-/m0/s1. The number of aryl methyl sites for hydroxylation is 1. The van der Waals surface area contributed by atoms with Crippen LogP contribution in [0.25, 0.3) is 0 Å². The van der Waals surface area contributed by atoms with E-state index in [-0.39, 0.29) is 24.1 Å². The molecule has 0 saturated carbocycles. The monoisotopic (exact) mass is 376 g/mol. The van der Waals surface area contributed by atoms with E-state index >= 15 is 0 Å². The predicted molar refractivity (Wildman–Crippen MR) is 105 cm³/mol. The number of hydrogen-bond acceptors (Lipinski definition) is 6. The molecule has 1 aromatic heterocycles. The second kappa shape index (κ2) is 8.02. The van der Waals surface area contributed by atoms with E-state index in [2.05, 4.69) is 22.3 Å². The summed E-state index contributed by atoms with van der Waals surface area (Å²) in [5, 5.41) is 3.01. The van der Waals surface area contributed by atoms with Gasteiger partial charge in [0.15, 0.2) is 0 Å². The minimum atomic E-state index is -0.514. The summed E-state index contributed by atoms with van der Waals surface area (Å²) in [5.74, 6) is 1.15. The zero-order chi connectivity index (χ0) is 19.6. The van der Waals surface area contributed by atoms with Crippen LogP contribution in [0.1, 0.15) is 38.4 Å². The quantitative estimate of drug-likeness (QED) is 0.834.